The molecule has 26 heavy (non-hydrogen) atoms. The minimum Gasteiger partial charge on any atom is -0.336 e. The Bertz CT molecular complexity index is 774. The molecule has 0 spiro atoms. The third kappa shape index (κ3) is 6.46. The molecule has 0 saturated carbocycles. The van der Waals surface area contributed by atoms with Gasteiger partial charge in [-0.05, 0) is 38.0 Å². The Balaban J connectivity index is 1.72. The third-order valence-corrected chi connectivity index (χ3v) is 5.67. The summed E-state index contributed by atoms with van der Waals surface area (Å²) < 4.78 is 0. The number of aromatic nitrogens is 1. The van der Waals surface area contributed by atoms with Gasteiger partial charge in [0, 0.05) is 36.0 Å². The van der Waals surface area contributed by atoms with E-state index in [0.717, 1.165) is 39.0 Å². The van der Waals surface area contributed by atoms with Gasteiger partial charge in [0.05, 0.1) is 17.2 Å². The van der Waals surface area contributed by atoms with Crippen LogP contribution in [-0.2, 0) is 15.3 Å². The van der Waals surface area contributed by atoms with Crippen molar-refractivity contribution in [3.05, 3.63) is 45.4 Å². The molecule has 0 aliphatic carbocycles. The van der Waals surface area contributed by atoms with Crippen molar-refractivity contribution in [3.8, 4) is 0 Å². The molecule has 0 fully saturated rings. The number of thioether (sulfide) groups is 1. The van der Waals surface area contributed by atoms with E-state index in [9.17, 15) is 9.59 Å². The Morgan fingerprint density at radius 1 is 1.27 bits per heavy atom. The van der Waals surface area contributed by atoms with Gasteiger partial charge in [0.25, 0.3) is 0 Å². The summed E-state index contributed by atoms with van der Waals surface area (Å²) in [4.78, 5) is 30.3. The SMILES string of the molecule is Cc1ccc(C)c(NC(=O)CN(C)C(=O)CCSCc2csc(C)n2)c1. The Kier molecular flexibility index (Phi) is 7.66. The van der Waals surface area contributed by atoms with Gasteiger partial charge in [0.15, 0.2) is 0 Å². The zero-order valence-corrected chi connectivity index (χ0v) is 17.3. The summed E-state index contributed by atoms with van der Waals surface area (Å²) in [6, 6.07) is 5.91. The zero-order valence-electron chi connectivity index (χ0n) is 15.7. The number of carbonyl (C=O) groups excluding carboxylic acids is 2. The average molecular weight is 392 g/mol. The summed E-state index contributed by atoms with van der Waals surface area (Å²) in [5.41, 5.74) is 3.95. The molecule has 0 unspecified atom stereocenters. The topological polar surface area (TPSA) is 62.3 Å². The van der Waals surface area contributed by atoms with E-state index in [1.54, 1.807) is 30.1 Å². The molecule has 0 radical (unpaired) electrons. The lowest BCUT2D eigenvalue weighted by atomic mass is 10.1. The predicted molar refractivity (Wildman–Crippen MR) is 110 cm³/mol. The number of nitrogens with one attached hydrogen (secondary N) is 1. The van der Waals surface area contributed by atoms with Crippen LogP contribution in [-0.4, -0.2) is 41.0 Å². The molecule has 0 saturated heterocycles. The smallest absolute Gasteiger partial charge is 0.243 e. The number of carbonyl (C=O) groups is 2. The molecule has 0 aliphatic heterocycles. The van der Waals surface area contributed by atoms with Gasteiger partial charge in [0.1, 0.15) is 0 Å². The third-order valence-electron chi connectivity index (χ3n) is 3.85. The Labute approximate surface area is 163 Å². The molecule has 140 valence electrons. The van der Waals surface area contributed by atoms with Crippen LogP contribution in [0.25, 0.3) is 0 Å². The fourth-order valence-corrected chi connectivity index (χ4v) is 3.90. The maximum atomic E-state index is 12.2. The summed E-state index contributed by atoms with van der Waals surface area (Å²) in [6.45, 7) is 5.98. The molecule has 2 amide bonds. The molecule has 1 aromatic carbocycles. The number of amides is 2. The van der Waals surface area contributed by atoms with E-state index in [1.807, 2.05) is 44.4 Å². The van der Waals surface area contributed by atoms with E-state index in [4.69, 9.17) is 0 Å². The molecular weight excluding hydrogens is 366 g/mol. The number of hydrogen-bond acceptors (Lipinski definition) is 5. The highest BCUT2D eigenvalue weighted by atomic mass is 32.2. The molecule has 7 heteroatoms. The van der Waals surface area contributed by atoms with E-state index in [2.05, 4.69) is 10.3 Å². The van der Waals surface area contributed by atoms with E-state index in [0.29, 0.717) is 6.42 Å². The molecule has 0 bridgehead atoms. The van der Waals surface area contributed by atoms with Gasteiger partial charge in [-0.15, -0.1) is 11.3 Å². The normalized spacial score (nSPS) is 10.6. The fourth-order valence-electron chi connectivity index (χ4n) is 2.37. The summed E-state index contributed by atoms with van der Waals surface area (Å²) >= 11 is 3.33. The van der Waals surface area contributed by atoms with Crippen LogP contribution in [0.2, 0.25) is 0 Å². The van der Waals surface area contributed by atoms with Crippen molar-refractivity contribution in [2.45, 2.75) is 32.9 Å². The van der Waals surface area contributed by atoms with E-state index < -0.39 is 0 Å². The molecule has 1 N–H and O–H groups in total. The molecule has 1 aromatic heterocycles. The van der Waals surface area contributed by atoms with Crippen molar-refractivity contribution in [2.24, 2.45) is 0 Å². The summed E-state index contributed by atoms with van der Waals surface area (Å²) in [5, 5.41) is 5.99. The van der Waals surface area contributed by atoms with Crippen molar-refractivity contribution in [3.63, 3.8) is 0 Å². The fraction of sp³-hybridized carbons (Fsp3) is 0.421. The first-order chi connectivity index (χ1) is 12.3. The lowest BCUT2D eigenvalue weighted by molar-refractivity contribution is -0.132. The quantitative estimate of drug-likeness (QED) is 0.696. The maximum absolute atomic E-state index is 12.2. The minimum atomic E-state index is -0.180. The number of hydrogen-bond donors (Lipinski definition) is 1. The molecule has 2 aromatic rings. The van der Waals surface area contributed by atoms with Crippen molar-refractivity contribution in [1.29, 1.82) is 0 Å². The van der Waals surface area contributed by atoms with Gasteiger partial charge < -0.3 is 10.2 Å². The summed E-state index contributed by atoms with van der Waals surface area (Å²) in [5.74, 6) is 1.33. The lowest BCUT2D eigenvalue weighted by Gasteiger charge is -2.17. The van der Waals surface area contributed by atoms with Gasteiger partial charge in [0.2, 0.25) is 11.8 Å². The number of rotatable bonds is 8. The van der Waals surface area contributed by atoms with E-state index in [-0.39, 0.29) is 18.4 Å². The predicted octanol–water partition coefficient (Wildman–Crippen LogP) is 3.79. The molecule has 5 nitrogen and oxygen atoms in total. The van der Waals surface area contributed by atoms with Crippen LogP contribution in [0, 0.1) is 20.8 Å². The first-order valence-corrected chi connectivity index (χ1v) is 10.5. The number of anilines is 1. The Hall–Kier alpha value is -1.86. The van der Waals surface area contributed by atoms with Crippen molar-refractivity contribution >= 4 is 40.6 Å². The van der Waals surface area contributed by atoms with Crippen LogP contribution in [0.4, 0.5) is 5.69 Å². The number of benzene rings is 1. The van der Waals surface area contributed by atoms with Crippen molar-refractivity contribution < 1.29 is 9.59 Å². The first-order valence-electron chi connectivity index (χ1n) is 8.45. The van der Waals surface area contributed by atoms with Crippen molar-refractivity contribution in [2.75, 3.05) is 24.7 Å². The number of thiazole rings is 1. The van der Waals surface area contributed by atoms with Crippen molar-refractivity contribution in [1.82, 2.24) is 9.88 Å². The van der Waals surface area contributed by atoms with Gasteiger partial charge in [-0.3, -0.25) is 9.59 Å². The zero-order chi connectivity index (χ0) is 19.1. The van der Waals surface area contributed by atoms with Crippen LogP contribution in [0.5, 0.6) is 0 Å². The number of likely N-dealkylation sites (N-methyl/N-ethyl adjacent to an activating group) is 1. The van der Waals surface area contributed by atoms with Crippen LogP contribution in [0.15, 0.2) is 23.6 Å². The average Bonchev–Trinajstić information content (AvgIpc) is 3.00. The largest absolute Gasteiger partial charge is 0.336 e. The highest BCUT2D eigenvalue weighted by Gasteiger charge is 2.13. The monoisotopic (exact) mass is 391 g/mol. The van der Waals surface area contributed by atoms with E-state index >= 15 is 0 Å². The van der Waals surface area contributed by atoms with Crippen LogP contribution >= 0.6 is 23.1 Å². The standard InChI is InChI=1S/C19H25N3O2S2/c1-13-5-6-14(2)17(9-13)21-18(23)10-22(4)19(24)7-8-25-11-16-12-26-15(3)20-16/h5-6,9,12H,7-8,10-11H2,1-4H3,(H,21,23). The minimum absolute atomic E-state index is 0.0249. The maximum Gasteiger partial charge on any atom is 0.243 e. The second-order valence-corrected chi connectivity index (χ2v) is 8.44. The van der Waals surface area contributed by atoms with Crippen LogP contribution in [0.3, 0.4) is 0 Å². The van der Waals surface area contributed by atoms with Gasteiger partial charge >= 0.3 is 0 Å². The molecular formula is C19H25N3O2S2. The lowest BCUT2D eigenvalue weighted by Crippen LogP contribution is -2.35. The van der Waals surface area contributed by atoms with Gasteiger partial charge in [-0.1, -0.05) is 12.1 Å². The van der Waals surface area contributed by atoms with E-state index in [1.165, 1.54) is 4.90 Å². The number of nitrogens with zero attached hydrogens (tertiary/aromatic N) is 2. The molecule has 1 heterocycles. The van der Waals surface area contributed by atoms with Gasteiger partial charge in [-0.25, -0.2) is 4.98 Å². The van der Waals surface area contributed by atoms with Crippen LogP contribution < -0.4 is 5.32 Å². The second-order valence-electron chi connectivity index (χ2n) is 6.28. The molecule has 2 rings (SSSR count). The Morgan fingerprint density at radius 2 is 2.04 bits per heavy atom. The highest BCUT2D eigenvalue weighted by Crippen LogP contribution is 2.17. The Morgan fingerprint density at radius 3 is 2.73 bits per heavy atom. The van der Waals surface area contributed by atoms with Gasteiger partial charge in [-0.2, -0.15) is 11.8 Å². The molecule has 0 atom stereocenters. The second kappa shape index (κ2) is 9.73. The molecule has 0 aliphatic rings. The first kappa shape index (κ1) is 20.5. The highest BCUT2D eigenvalue weighted by molar-refractivity contribution is 7.98. The summed E-state index contributed by atoms with van der Waals surface area (Å²) in [7, 11) is 1.67. The number of aryl methyl sites for hydroxylation is 3. The van der Waals surface area contributed by atoms with Crippen LogP contribution in [0.1, 0.15) is 28.2 Å². The summed E-state index contributed by atoms with van der Waals surface area (Å²) in [6.07, 6.45) is 0.418.